The summed E-state index contributed by atoms with van der Waals surface area (Å²) in [6.45, 7) is 3.97. The van der Waals surface area contributed by atoms with E-state index in [1.54, 1.807) is 7.05 Å². The van der Waals surface area contributed by atoms with Crippen LogP contribution >= 0.6 is 0 Å². The largest absolute Gasteiger partial charge is 0.624 e. The van der Waals surface area contributed by atoms with E-state index in [0.717, 1.165) is 42.8 Å². The van der Waals surface area contributed by atoms with E-state index in [4.69, 9.17) is 4.74 Å². The fraction of sp³-hybridized carbons (Fsp3) is 0.562. The topological polar surface area (TPSA) is 38.5 Å². The molecule has 0 radical (unpaired) electrons. The molecule has 4 nitrogen and oxygen atoms in total. The van der Waals surface area contributed by atoms with Gasteiger partial charge in [0.2, 0.25) is 0 Å². The van der Waals surface area contributed by atoms with Crippen molar-refractivity contribution in [1.29, 1.82) is 0 Å². The summed E-state index contributed by atoms with van der Waals surface area (Å²) in [7, 11) is 1.58. The van der Waals surface area contributed by atoms with E-state index in [9.17, 15) is 5.21 Å². The molecule has 1 spiro atoms. The van der Waals surface area contributed by atoms with Gasteiger partial charge in [-0.15, -0.1) is 0 Å². The Labute approximate surface area is 120 Å². The van der Waals surface area contributed by atoms with Gasteiger partial charge in [-0.05, 0) is 31.9 Å². The maximum absolute atomic E-state index is 11.6. The van der Waals surface area contributed by atoms with Gasteiger partial charge in [-0.25, -0.2) is 4.74 Å². The predicted molar refractivity (Wildman–Crippen MR) is 80.3 cm³/mol. The number of para-hydroxylation sites is 1. The molecule has 2 aliphatic rings. The molecule has 0 saturated carbocycles. The first-order valence-corrected chi connectivity index (χ1v) is 7.34. The van der Waals surface area contributed by atoms with Gasteiger partial charge in [0.25, 0.3) is 0 Å². The molecule has 2 aliphatic heterocycles. The molecule has 0 bridgehead atoms. The van der Waals surface area contributed by atoms with Crippen molar-refractivity contribution in [1.82, 2.24) is 0 Å². The summed E-state index contributed by atoms with van der Waals surface area (Å²) >= 11 is 0. The number of hydrogen-bond acceptors (Lipinski definition) is 3. The summed E-state index contributed by atoms with van der Waals surface area (Å²) < 4.78 is 7.13. The van der Waals surface area contributed by atoms with Crippen molar-refractivity contribution in [3.63, 3.8) is 0 Å². The van der Waals surface area contributed by atoms with Crippen LogP contribution in [0.15, 0.2) is 30.3 Å². The third-order valence-corrected chi connectivity index (χ3v) is 4.60. The molecule has 0 N–H and O–H groups in total. The molecule has 0 amide bonds. The van der Waals surface area contributed by atoms with Crippen LogP contribution in [0.4, 0.5) is 5.69 Å². The van der Waals surface area contributed by atoms with E-state index in [1.807, 2.05) is 13.0 Å². The first-order chi connectivity index (χ1) is 9.60. The first-order valence-electron chi connectivity index (χ1n) is 7.34. The van der Waals surface area contributed by atoms with Crippen LogP contribution in [0.3, 0.4) is 0 Å². The minimum atomic E-state index is -0.112. The van der Waals surface area contributed by atoms with Crippen molar-refractivity contribution < 1.29 is 9.48 Å². The second-order valence-electron chi connectivity index (χ2n) is 5.93. The van der Waals surface area contributed by atoms with Crippen molar-refractivity contribution in [3.8, 4) is 0 Å². The molecule has 0 aliphatic carbocycles. The number of hydrogen-bond donors (Lipinski definition) is 0. The van der Waals surface area contributed by atoms with Crippen molar-refractivity contribution in [2.24, 2.45) is 0 Å². The molecule has 1 atom stereocenters. The molecule has 108 valence electrons. The molecule has 4 heteroatoms. The molecule has 3 rings (SSSR count). The Bertz CT molecular complexity index is 500. The summed E-state index contributed by atoms with van der Waals surface area (Å²) in [5.74, 6) is 0. The summed E-state index contributed by atoms with van der Waals surface area (Å²) in [5, 5.41) is 11.6. The number of rotatable bonds is 1. The van der Waals surface area contributed by atoms with Crippen molar-refractivity contribution in [3.05, 3.63) is 35.5 Å². The Morgan fingerprint density at radius 2 is 1.90 bits per heavy atom. The third-order valence-electron chi connectivity index (χ3n) is 4.60. The molecule has 1 unspecified atom stereocenters. The van der Waals surface area contributed by atoms with E-state index < -0.39 is 0 Å². The van der Waals surface area contributed by atoms with Gasteiger partial charge in [0, 0.05) is 18.8 Å². The zero-order valence-electron chi connectivity index (χ0n) is 12.2. The van der Waals surface area contributed by atoms with Crippen molar-refractivity contribution in [2.45, 2.75) is 37.9 Å². The van der Waals surface area contributed by atoms with Gasteiger partial charge < -0.3 is 14.8 Å². The fourth-order valence-electron chi connectivity index (χ4n) is 3.43. The van der Waals surface area contributed by atoms with Crippen molar-refractivity contribution in [2.75, 3.05) is 25.0 Å². The smallest absolute Gasteiger partial charge is 0.194 e. The Hall–Kier alpha value is -1.55. The molecule has 1 aromatic carbocycles. The molecule has 20 heavy (non-hydrogen) atoms. The summed E-state index contributed by atoms with van der Waals surface area (Å²) in [5.41, 5.74) is 2.05. The average molecular weight is 274 g/mol. The maximum atomic E-state index is 11.6. The van der Waals surface area contributed by atoms with E-state index in [-0.39, 0.29) is 11.7 Å². The molecule has 2 fully saturated rings. The van der Waals surface area contributed by atoms with Crippen LogP contribution in [0.1, 0.15) is 26.2 Å². The number of hydroxylamine groups is 1. The lowest BCUT2D eigenvalue weighted by molar-refractivity contribution is -0.426. The highest BCUT2D eigenvalue weighted by atomic mass is 16.5. The highest BCUT2D eigenvalue weighted by molar-refractivity contribution is 5.87. The molecule has 0 aromatic heterocycles. The second kappa shape index (κ2) is 5.09. The van der Waals surface area contributed by atoms with Crippen LogP contribution in [-0.2, 0) is 4.74 Å². The highest BCUT2D eigenvalue weighted by Crippen LogP contribution is 2.38. The van der Waals surface area contributed by atoms with E-state index >= 15 is 0 Å². The normalized spacial score (nSPS) is 27.9. The molecule has 2 saturated heterocycles. The Morgan fingerprint density at radius 3 is 2.45 bits per heavy atom. The summed E-state index contributed by atoms with van der Waals surface area (Å²) in [6.07, 6.45) is 2.73. The number of benzene rings is 1. The molecular weight excluding hydrogens is 252 g/mol. The number of piperidine rings is 1. The van der Waals surface area contributed by atoms with Crippen LogP contribution in [0.25, 0.3) is 0 Å². The third kappa shape index (κ3) is 2.40. The Morgan fingerprint density at radius 1 is 1.25 bits per heavy atom. The minimum Gasteiger partial charge on any atom is -0.624 e. The zero-order valence-corrected chi connectivity index (χ0v) is 12.2. The van der Waals surface area contributed by atoms with Gasteiger partial charge in [-0.3, -0.25) is 0 Å². The lowest BCUT2D eigenvalue weighted by atomic mass is 9.87. The lowest BCUT2D eigenvalue weighted by Gasteiger charge is -2.39. The SMILES string of the molecule is CC1OC2(CCN(c3ccccc3)CC2)C/C1=[N+](\C)[O-]. The van der Waals surface area contributed by atoms with Crippen molar-refractivity contribution >= 4 is 11.4 Å². The minimum absolute atomic E-state index is 0.0409. The summed E-state index contributed by atoms with van der Waals surface area (Å²) in [6, 6.07) is 10.5. The van der Waals surface area contributed by atoms with Crippen LogP contribution < -0.4 is 4.90 Å². The monoisotopic (exact) mass is 274 g/mol. The van der Waals surface area contributed by atoms with E-state index in [2.05, 4.69) is 29.2 Å². The average Bonchev–Trinajstić information content (AvgIpc) is 2.78. The summed E-state index contributed by atoms with van der Waals surface area (Å²) in [4.78, 5) is 2.40. The van der Waals surface area contributed by atoms with Gasteiger partial charge in [0.05, 0.1) is 12.0 Å². The van der Waals surface area contributed by atoms with Gasteiger partial charge in [-0.2, -0.15) is 0 Å². The maximum Gasteiger partial charge on any atom is 0.194 e. The Balaban J connectivity index is 1.69. The van der Waals surface area contributed by atoms with Crippen LogP contribution in [0.5, 0.6) is 0 Å². The van der Waals surface area contributed by atoms with E-state index in [0.29, 0.717) is 0 Å². The molecule has 1 aromatic rings. The number of ether oxygens (including phenoxy) is 1. The molecule has 2 heterocycles. The fourth-order valence-corrected chi connectivity index (χ4v) is 3.43. The lowest BCUT2D eigenvalue weighted by Crippen LogP contribution is -2.44. The zero-order chi connectivity index (χ0) is 14.2. The van der Waals surface area contributed by atoms with Crippen LogP contribution in [0.2, 0.25) is 0 Å². The quantitative estimate of drug-likeness (QED) is 0.448. The molecular formula is C16H22N2O2. The van der Waals surface area contributed by atoms with Gasteiger partial charge in [0.1, 0.15) is 13.2 Å². The number of nitrogens with zero attached hydrogens (tertiary/aromatic N) is 2. The Kier molecular flexibility index (Phi) is 3.42. The number of anilines is 1. The standard InChI is InChI=1S/C16H22N2O2/c1-13-15(17(2)19)12-16(20-13)8-10-18(11-9-16)14-6-4-3-5-7-14/h3-7,13H,8-12H2,1-2H3/b17-15-. The van der Waals surface area contributed by atoms with Crippen LogP contribution in [-0.4, -0.2) is 42.3 Å². The van der Waals surface area contributed by atoms with Gasteiger partial charge in [0.15, 0.2) is 5.71 Å². The van der Waals surface area contributed by atoms with Crippen LogP contribution in [0, 0.1) is 5.21 Å². The second-order valence-corrected chi connectivity index (χ2v) is 5.93. The van der Waals surface area contributed by atoms with Gasteiger partial charge >= 0.3 is 0 Å². The van der Waals surface area contributed by atoms with Gasteiger partial charge in [-0.1, -0.05) is 18.2 Å². The highest BCUT2D eigenvalue weighted by Gasteiger charge is 2.47. The van der Waals surface area contributed by atoms with E-state index in [1.165, 1.54) is 5.69 Å². The first kappa shape index (κ1) is 13.4. The predicted octanol–water partition coefficient (Wildman–Crippen LogP) is 2.42.